The predicted octanol–water partition coefficient (Wildman–Crippen LogP) is 5.56. The van der Waals surface area contributed by atoms with Gasteiger partial charge < -0.3 is 19.3 Å². The smallest absolute Gasteiger partial charge is 0.333 e. The minimum atomic E-state index is -0.349. The number of aliphatic hydroxyl groups is 1. The maximum absolute atomic E-state index is 11.3. The summed E-state index contributed by atoms with van der Waals surface area (Å²) in [4.78, 5) is 11.3. The number of unbranched alkanes of at least 4 members (excludes halogenated alkanes) is 3. The van der Waals surface area contributed by atoms with Crippen LogP contribution in [0.2, 0.25) is 0 Å². The van der Waals surface area contributed by atoms with Crippen LogP contribution in [0, 0.1) is 0 Å². The Morgan fingerprint density at radius 2 is 1.32 bits per heavy atom. The molecular weight excluding hydrogens is 392 g/mol. The fourth-order valence-electron chi connectivity index (χ4n) is 2.87. The van der Waals surface area contributed by atoms with E-state index in [1.807, 2.05) is 36.4 Å². The lowest BCUT2D eigenvalue weighted by Crippen LogP contribution is -2.07. The van der Waals surface area contributed by atoms with E-state index in [-0.39, 0.29) is 12.1 Å². The van der Waals surface area contributed by atoms with Gasteiger partial charge in [-0.25, -0.2) is 4.79 Å². The molecule has 0 saturated heterocycles. The molecule has 5 nitrogen and oxygen atoms in total. The van der Waals surface area contributed by atoms with Gasteiger partial charge in [-0.2, -0.15) is 0 Å². The molecule has 31 heavy (non-hydrogen) atoms. The summed E-state index contributed by atoms with van der Waals surface area (Å²) in [7, 11) is 0. The highest BCUT2D eigenvalue weighted by molar-refractivity contribution is 5.86. The maximum Gasteiger partial charge on any atom is 0.333 e. The summed E-state index contributed by atoms with van der Waals surface area (Å²) in [5, 5.41) is 9.28. The molecule has 168 valence electrons. The fraction of sp³-hybridized carbons (Fsp3) is 0.423. The summed E-state index contributed by atoms with van der Waals surface area (Å²) >= 11 is 0. The van der Waals surface area contributed by atoms with Gasteiger partial charge in [0.25, 0.3) is 0 Å². The molecule has 0 amide bonds. The van der Waals surface area contributed by atoms with Crippen LogP contribution in [0.1, 0.15) is 46.0 Å². The molecule has 0 heterocycles. The molecule has 2 rings (SSSR count). The van der Waals surface area contributed by atoms with Crippen molar-refractivity contribution in [2.45, 2.75) is 52.1 Å². The maximum atomic E-state index is 11.3. The van der Waals surface area contributed by atoms with Crippen LogP contribution in [0.4, 0.5) is 0 Å². The lowest BCUT2D eigenvalue weighted by Gasteiger charge is -2.10. The lowest BCUT2D eigenvalue weighted by atomic mass is 10.1. The summed E-state index contributed by atoms with van der Waals surface area (Å²) in [6.07, 6.45) is 4.14. The van der Waals surface area contributed by atoms with E-state index in [0.717, 1.165) is 48.3 Å². The highest BCUT2D eigenvalue weighted by Gasteiger charge is 2.03. The average Bonchev–Trinajstić information content (AvgIpc) is 2.76. The van der Waals surface area contributed by atoms with Gasteiger partial charge >= 0.3 is 5.97 Å². The quantitative estimate of drug-likeness (QED) is 0.243. The molecule has 0 aromatic heterocycles. The summed E-state index contributed by atoms with van der Waals surface area (Å²) in [5.41, 5.74) is 2.67. The standard InChI is InChI=1S/C26H34O5/c1-20(2)26(28)31-18-7-5-4-6-17-29-24-12-8-22(9-13-24)23-10-14-25(15-11-23)30-19-16-21(3)27/h8-15,21,27H,1,4-7,16-19H2,2-3H3. The van der Waals surface area contributed by atoms with Gasteiger partial charge in [-0.05, 0) is 74.9 Å². The van der Waals surface area contributed by atoms with Crippen molar-refractivity contribution < 1.29 is 24.1 Å². The molecule has 0 aliphatic carbocycles. The molecular formula is C26H34O5. The molecule has 0 spiro atoms. The van der Waals surface area contributed by atoms with Crippen molar-refractivity contribution in [1.29, 1.82) is 0 Å². The first-order valence-corrected chi connectivity index (χ1v) is 10.9. The minimum absolute atomic E-state index is 0.316. The Labute approximate surface area is 185 Å². The van der Waals surface area contributed by atoms with Crippen molar-refractivity contribution in [1.82, 2.24) is 0 Å². The Kier molecular flexibility index (Phi) is 10.7. The molecule has 0 radical (unpaired) electrons. The van der Waals surface area contributed by atoms with Crippen molar-refractivity contribution in [3.8, 4) is 22.6 Å². The SMILES string of the molecule is C=C(C)C(=O)OCCCCCCOc1ccc(-c2ccc(OCCC(C)O)cc2)cc1. The van der Waals surface area contributed by atoms with Crippen LogP contribution in [0.3, 0.4) is 0 Å². The second-order valence-electron chi connectivity index (χ2n) is 7.71. The Morgan fingerprint density at radius 1 is 0.839 bits per heavy atom. The van der Waals surface area contributed by atoms with Gasteiger partial charge in [-0.1, -0.05) is 30.8 Å². The van der Waals surface area contributed by atoms with Crippen LogP contribution in [-0.4, -0.2) is 37.0 Å². The van der Waals surface area contributed by atoms with Crippen molar-refractivity contribution in [2.24, 2.45) is 0 Å². The van der Waals surface area contributed by atoms with Crippen molar-refractivity contribution >= 4 is 5.97 Å². The van der Waals surface area contributed by atoms with Crippen LogP contribution in [0.5, 0.6) is 11.5 Å². The van der Waals surface area contributed by atoms with E-state index in [1.54, 1.807) is 13.8 Å². The largest absolute Gasteiger partial charge is 0.494 e. The van der Waals surface area contributed by atoms with E-state index >= 15 is 0 Å². The molecule has 1 unspecified atom stereocenters. The zero-order valence-electron chi connectivity index (χ0n) is 18.6. The fourth-order valence-corrected chi connectivity index (χ4v) is 2.87. The summed E-state index contributed by atoms with van der Waals surface area (Å²) in [6.45, 7) is 8.59. The number of benzene rings is 2. The van der Waals surface area contributed by atoms with Gasteiger partial charge in [0.15, 0.2) is 0 Å². The predicted molar refractivity (Wildman–Crippen MR) is 123 cm³/mol. The molecule has 2 aromatic rings. The first-order chi connectivity index (χ1) is 15.0. The molecule has 0 fully saturated rings. The van der Waals surface area contributed by atoms with Gasteiger partial charge in [0.1, 0.15) is 11.5 Å². The first-order valence-electron chi connectivity index (χ1n) is 10.9. The molecule has 0 saturated carbocycles. The third-order valence-electron chi connectivity index (χ3n) is 4.74. The van der Waals surface area contributed by atoms with Crippen LogP contribution in [0.15, 0.2) is 60.7 Å². The van der Waals surface area contributed by atoms with Crippen molar-refractivity contribution in [3.05, 3.63) is 60.7 Å². The van der Waals surface area contributed by atoms with E-state index in [9.17, 15) is 9.90 Å². The molecule has 0 aliphatic heterocycles. The number of esters is 1. The zero-order valence-corrected chi connectivity index (χ0v) is 18.6. The highest BCUT2D eigenvalue weighted by Crippen LogP contribution is 2.25. The lowest BCUT2D eigenvalue weighted by molar-refractivity contribution is -0.139. The normalized spacial score (nSPS) is 11.6. The third-order valence-corrected chi connectivity index (χ3v) is 4.74. The van der Waals surface area contributed by atoms with Gasteiger partial charge in [-0.15, -0.1) is 0 Å². The van der Waals surface area contributed by atoms with Gasteiger partial charge in [0, 0.05) is 12.0 Å². The van der Waals surface area contributed by atoms with Crippen LogP contribution in [0.25, 0.3) is 11.1 Å². The Bertz CT molecular complexity index is 794. The number of hydrogen-bond acceptors (Lipinski definition) is 5. The topological polar surface area (TPSA) is 65.0 Å². The number of carbonyl (C=O) groups excluding carboxylic acids is 1. The molecule has 1 N–H and O–H groups in total. The third kappa shape index (κ3) is 9.71. The second kappa shape index (κ2) is 13.5. The van der Waals surface area contributed by atoms with E-state index in [4.69, 9.17) is 14.2 Å². The molecule has 1 atom stereocenters. The first kappa shape index (κ1) is 24.5. The molecule has 5 heteroatoms. The summed E-state index contributed by atoms with van der Waals surface area (Å²) in [6, 6.07) is 16.0. The number of ether oxygens (including phenoxy) is 3. The second-order valence-corrected chi connectivity index (χ2v) is 7.71. The number of aliphatic hydroxyl groups excluding tert-OH is 1. The van der Waals surface area contributed by atoms with Crippen LogP contribution < -0.4 is 9.47 Å². The monoisotopic (exact) mass is 426 g/mol. The van der Waals surface area contributed by atoms with E-state index in [1.165, 1.54) is 0 Å². The van der Waals surface area contributed by atoms with Gasteiger partial charge in [0.2, 0.25) is 0 Å². The van der Waals surface area contributed by atoms with E-state index in [2.05, 4.69) is 18.7 Å². The Balaban J connectivity index is 1.64. The van der Waals surface area contributed by atoms with Crippen LogP contribution >= 0.6 is 0 Å². The molecule has 0 aliphatic rings. The van der Waals surface area contributed by atoms with E-state index < -0.39 is 0 Å². The van der Waals surface area contributed by atoms with Crippen molar-refractivity contribution in [3.63, 3.8) is 0 Å². The van der Waals surface area contributed by atoms with E-state index in [0.29, 0.717) is 31.8 Å². The summed E-state index contributed by atoms with van der Waals surface area (Å²) in [5.74, 6) is 1.35. The Hall–Kier alpha value is -2.79. The Morgan fingerprint density at radius 3 is 1.81 bits per heavy atom. The highest BCUT2D eigenvalue weighted by atomic mass is 16.5. The van der Waals surface area contributed by atoms with Crippen LogP contribution in [-0.2, 0) is 9.53 Å². The molecule has 2 aromatic carbocycles. The van der Waals surface area contributed by atoms with Gasteiger partial charge in [0.05, 0.1) is 25.9 Å². The minimum Gasteiger partial charge on any atom is -0.494 e. The number of carbonyl (C=O) groups is 1. The number of hydrogen-bond donors (Lipinski definition) is 1. The summed E-state index contributed by atoms with van der Waals surface area (Å²) < 4.78 is 16.5. The zero-order chi connectivity index (χ0) is 22.5. The average molecular weight is 427 g/mol. The number of rotatable bonds is 14. The molecule has 0 bridgehead atoms. The van der Waals surface area contributed by atoms with Crippen molar-refractivity contribution in [2.75, 3.05) is 19.8 Å². The van der Waals surface area contributed by atoms with Gasteiger partial charge in [-0.3, -0.25) is 0 Å².